The Hall–Kier alpha value is -0.650. The maximum atomic E-state index is 11.8. The van der Waals surface area contributed by atoms with Gasteiger partial charge in [0.1, 0.15) is 0 Å². The smallest absolute Gasteiger partial charge is 0.237 e. The number of hydrogen-bond donors (Lipinski definition) is 2. The minimum atomic E-state index is -0.483. The summed E-state index contributed by atoms with van der Waals surface area (Å²) in [6.45, 7) is 8.94. The fourth-order valence-electron chi connectivity index (χ4n) is 1.71. The molecular formula is C12H25N3O2. The van der Waals surface area contributed by atoms with E-state index in [1.54, 1.807) is 0 Å². The molecule has 5 nitrogen and oxygen atoms in total. The molecule has 100 valence electrons. The Kier molecular flexibility index (Phi) is 4.91. The molecule has 3 N–H and O–H groups in total. The summed E-state index contributed by atoms with van der Waals surface area (Å²) in [6, 6.07) is -0.483. The summed E-state index contributed by atoms with van der Waals surface area (Å²) in [5.41, 5.74) is 5.66. The molecule has 1 fully saturated rings. The summed E-state index contributed by atoms with van der Waals surface area (Å²) >= 11 is 0. The van der Waals surface area contributed by atoms with Crippen molar-refractivity contribution >= 4 is 5.91 Å². The predicted octanol–water partition coefficient (Wildman–Crippen LogP) is -0.193. The molecule has 0 aromatic rings. The number of nitrogens with two attached hydrogens (primary N) is 1. The molecule has 0 saturated carbocycles. The maximum Gasteiger partial charge on any atom is 0.237 e. The third-order valence-electron chi connectivity index (χ3n) is 3.06. The molecule has 2 unspecified atom stereocenters. The van der Waals surface area contributed by atoms with Crippen LogP contribution in [-0.4, -0.2) is 56.2 Å². The molecule has 0 aromatic carbocycles. The Labute approximate surface area is 104 Å². The van der Waals surface area contributed by atoms with E-state index in [1.165, 1.54) is 0 Å². The minimum absolute atomic E-state index is 0.0740. The third kappa shape index (κ3) is 4.61. The van der Waals surface area contributed by atoms with Crippen molar-refractivity contribution in [3.63, 3.8) is 0 Å². The van der Waals surface area contributed by atoms with Crippen molar-refractivity contribution in [2.45, 2.75) is 32.9 Å². The van der Waals surface area contributed by atoms with E-state index in [1.807, 2.05) is 20.8 Å². The van der Waals surface area contributed by atoms with E-state index >= 15 is 0 Å². The lowest BCUT2D eigenvalue weighted by atomic mass is 9.87. The molecule has 0 bridgehead atoms. The summed E-state index contributed by atoms with van der Waals surface area (Å²) in [7, 11) is 2.05. The number of nitrogens with zero attached hydrogens (tertiary/aromatic N) is 1. The van der Waals surface area contributed by atoms with Gasteiger partial charge in [0.15, 0.2) is 0 Å². The van der Waals surface area contributed by atoms with Gasteiger partial charge < -0.3 is 20.7 Å². The van der Waals surface area contributed by atoms with Crippen LogP contribution in [0.5, 0.6) is 0 Å². The van der Waals surface area contributed by atoms with Gasteiger partial charge in [0.25, 0.3) is 0 Å². The number of amides is 1. The maximum absolute atomic E-state index is 11.8. The van der Waals surface area contributed by atoms with E-state index in [0.29, 0.717) is 6.54 Å². The Morgan fingerprint density at radius 1 is 1.59 bits per heavy atom. The van der Waals surface area contributed by atoms with E-state index in [4.69, 9.17) is 10.5 Å². The monoisotopic (exact) mass is 243 g/mol. The van der Waals surface area contributed by atoms with Gasteiger partial charge in [0, 0.05) is 19.6 Å². The number of ether oxygens (including phenoxy) is 1. The van der Waals surface area contributed by atoms with Crippen LogP contribution in [-0.2, 0) is 9.53 Å². The molecule has 1 aliphatic rings. The van der Waals surface area contributed by atoms with E-state index in [9.17, 15) is 4.79 Å². The first-order valence-electron chi connectivity index (χ1n) is 6.14. The molecule has 1 aliphatic heterocycles. The lowest BCUT2D eigenvalue weighted by Gasteiger charge is -2.31. The zero-order valence-electron chi connectivity index (χ0n) is 11.3. The quantitative estimate of drug-likeness (QED) is 0.721. The van der Waals surface area contributed by atoms with Crippen molar-refractivity contribution in [1.82, 2.24) is 10.2 Å². The molecule has 17 heavy (non-hydrogen) atoms. The molecule has 0 aliphatic carbocycles. The first-order chi connectivity index (χ1) is 7.80. The summed E-state index contributed by atoms with van der Waals surface area (Å²) < 4.78 is 5.57. The molecule has 0 spiro atoms. The van der Waals surface area contributed by atoms with Gasteiger partial charge in [-0.2, -0.15) is 0 Å². The van der Waals surface area contributed by atoms with Crippen LogP contribution in [0.4, 0.5) is 0 Å². The molecule has 0 aromatic heterocycles. The van der Waals surface area contributed by atoms with E-state index in [0.717, 1.165) is 19.7 Å². The third-order valence-corrected chi connectivity index (χ3v) is 3.06. The summed E-state index contributed by atoms with van der Waals surface area (Å²) in [4.78, 5) is 14.0. The second kappa shape index (κ2) is 5.80. The second-order valence-corrected chi connectivity index (χ2v) is 5.84. The van der Waals surface area contributed by atoms with Crippen molar-refractivity contribution in [2.75, 3.05) is 33.3 Å². The van der Waals surface area contributed by atoms with Crippen LogP contribution >= 0.6 is 0 Å². The minimum Gasteiger partial charge on any atom is -0.374 e. The van der Waals surface area contributed by atoms with Gasteiger partial charge in [-0.25, -0.2) is 0 Å². The highest BCUT2D eigenvalue weighted by Crippen LogP contribution is 2.17. The number of rotatable bonds is 3. The molecule has 2 atom stereocenters. The average Bonchev–Trinajstić information content (AvgIpc) is 2.23. The number of nitrogens with one attached hydrogen (secondary N) is 1. The highest BCUT2D eigenvalue weighted by molar-refractivity contribution is 5.82. The molecule has 5 heteroatoms. The van der Waals surface area contributed by atoms with Gasteiger partial charge in [-0.15, -0.1) is 0 Å². The van der Waals surface area contributed by atoms with Crippen molar-refractivity contribution in [3.05, 3.63) is 0 Å². The van der Waals surface area contributed by atoms with Crippen molar-refractivity contribution in [3.8, 4) is 0 Å². The van der Waals surface area contributed by atoms with Gasteiger partial charge in [-0.1, -0.05) is 20.8 Å². The Bertz CT molecular complexity index is 263. The summed E-state index contributed by atoms with van der Waals surface area (Å²) in [6.07, 6.45) is 0.0740. The fourth-order valence-corrected chi connectivity index (χ4v) is 1.71. The van der Waals surface area contributed by atoms with Gasteiger partial charge in [-0.05, 0) is 12.5 Å². The number of hydrogen-bond acceptors (Lipinski definition) is 4. The molecule has 1 rings (SSSR count). The van der Waals surface area contributed by atoms with Crippen molar-refractivity contribution in [2.24, 2.45) is 11.1 Å². The van der Waals surface area contributed by atoms with E-state index < -0.39 is 6.04 Å². The lowest BCUT2D eigenvalue weighted by molar-refractivity contribution is -0.125. The summed E-state index contributed by atoms with van der Waals surface area (Å²) in [5.74, 6) is -0.102. The zero-order chi connectivity index (χ0) is 13.1. The first kappa shape index (κ1) is 14.4. The largest absolute Gasteiger partial charge is 0.374 e. The standard InChI is InChI=1S/C12H25N3O2/c1-12(2,3)10(13)11(16)14-7-9-8-15(4)5-6-17-9/h9-10H,5-8,13H2,1-4H3,(H,14,16). The Morgan fingerprint density at radius 3 is 2.76 bits per heavy atom. The number of carbonyl (C=O) groups excluding carboxylic acids is 1. The van der Waals surface area contributed by atoms with Gasteiger partial charge in [-0.3, -0.25) is 4.79 Å². The van der Waals surface area contributed by atoms with Crippen LogP contribution in [0.3, 0.4) is 0 Å². The van der Waals surface area contributed by atoms with Gasteiger partial charge in [0.05, 0.1) is 18.8 Å². The average molecular weight is 243 g/mol. The molecule has 1 heterocycles. The van der Waals surface area contributed by atoms with Crippen LogP contribution in [0.25, 0.3) is 0 Å². The highest BCUT2D eigenvalue weighted by Gasteiger charge is 2.28. The normalized spacial score (nSPS) is 24.4. The van der Waals surface area contributed by atoms with Crippen LogP contribution in [0.15, 0.2) is 0 Å². The van der Waals surface area contributed by atoms with Gasteiger partial charge >= 0.3 is 0 Å². The van der Waals surface area contributed by atoms with Gasteiger partial charge in [0.2, 0.25) is 5.91 Å². The molecule has 1 amide bonds. The van der Waals surface area contributed by atoms with Crippen LogP contribution in [0.2, 0.25) is 0 Å². The van der Waals surface area contributed by atoms with E-state index in [2.05, 4.69) is 17.3 Å². The topological polar surface area (TPSA) is 67.6 Å². The number of morpholine rings is 1. The van der Waals surface area contributed by atoms with Crippen molar-refractivity contribution in [1.29, 1.82) is 0 Å². The SMILES string of the molecule is CN1CCOC(CNC(=O)C(N)C(C)(C)C)C1. The van der Waals surface area contributed by atoms with Crippen LogP contribution < -0.4 is 11.1 Å². The summed E-state index contributed by atoms with van der Waals surface area (Å²) in [5, 5.41) is 2.86. The highest BCUT2D eigenvalue weighted by atomic mass is 16.5. The number of likely N-dealkylation sites (N-methyl/N-ethyl adjacent to an activating group) is 1. The fraction of sp³-hybridized carbons (Fsp3) is 0.917. The van der Waals surface area contributed by atoms with Crippen LogP contribution in [0.1, 0.15) is 20.8 Å². The Balaban J connectivity index is 2.33. The second-order valence-electron chi connectivity index (χ2n) is 5.84. The van der Waals surface area contributed by atoms with E-state index in [-0.39, 0.29) is 17.4 Å². The molecular weight excluding hydrogens is 218 g/mol. The first-order valence-corrected chi connectivity index (χ1v) is 6.14. The Morgan fingerprint density at radius 2 is 2.24 bits per heavy atom. The number of carbonyl (C=O) groups is 1. The molecule has 0 radical (unpaired) electrons. The zero-order valence-corrected chi connectivity index (χ0v) is 11.3. The van der Waals surface area contributed by atoms with Crippen LogP contribution in [0, 0.1) is 5.41 Å². The molecule has 1 saturated heterocycles. The predicted molar refractivity (Wildman–Crippen MR) is 67.7 cm³/mol. The lowest BCUT2D eigenvalue weighted by Crippen LogP contribution is -2.52. The van der Waals surface area contributed by atoms with Crippen molar-refractivity contribution < 1.29 is 9.53 Å².